The molecule has 336 valence electrons. The largest absolute Gasteiger partial charge is 0.309 e. The number of fused-ring (bicyclic) bond motifs is 8. The van der Waals surface area contributed by atoms with E-state index in [1.807, 2.05) is 24.3 Å². The average Bonchev–Trinajstić information content (AvgIpc) is 3.93. The van der Waals surface area contributed by atoms with Crippen LogP contribution in [0.3, 0.4) is 0 Å². The van der Waals surface area contributed by atoms with Crippen LogP contribution in [0.1, 0.15) is 51.7 Å². The normalized spacial score (nSPS) is 14.1. The molecule has 5 heteroatoms. The van der Waals surface area contributed by atoms with E-state index in [0.29, 0.717) is 17.6 Å². The molecule has 0 N–H and O–H groups in total. The van der Waals surface area contributed by atoms with E-state index in [1.165, 1.54) is 67.9 Å². The Bertz CT molecular complexity index is 3950. The van der Waals surface area contributed by atoms with E-state index in [-0.39, 0.29) is 10.8 Å². The summed E-state index contributed by atoms with van der Waals surface area (Å²) in [6.07, 6.45) is 2.43. The SMILES string of the molecule is CC1(C)CCC(C)(C)c2cc(-c3ccc(-c4ccc(-n5c6ccccc6c6c7c8ccccc8n(-c8nc(-c9ccccc9)nc(-c9ccc(-c%10ccccc%10)cc9)n8)c7ccc65)cc4)cc3)ccc21. The highest BCUT2D eigenvalue weighted by Gasteiger charge is 2.37. The smallest absolute Gasteiger partial charge is 0.238 e. The molecule has 12 aromatic rings. The standard InChI is InChI=1S/C65H51N5/c1-64(2)39-40-65(3,4)54-41-49(33-36-53(54)64)46-25-23-44(24-26-46)45-31-34-50(35-32-45)69-55-21-13-11-19-51(55)59-57(69)37-38-58-60(59)52-20-12-14-22-56(52)70(58)63-67-61(47-17-9-6-10-18-47)66-62(68-63)48-29-27-43(28-30-48)42-15-7-5-8-16-42/h5-38,41H,39-40H2,1-4H3. The van der Waals surface area contributed by atoms with Crippen molar-refractivity contribution in [3.8, 4) is 67.8 Å². The Morgan fingerprint density at radius 3 is 1.30 bits per heavy atom. The van der Waals surface area contributed by atoms with Gasteiger partial charge in [-0.05, 0) is 105 Å². The predicted octanol–water partition coefficient (Wildman–Crippen LogP) is 16.7. The van der Waals surface area contributed by atoms with Crippen LogP contribution in [0.2, 0.25) is 0 Å². The molecule has 0 fully saturated rings. The maximum atomic E-state index is 5.28. The van der Waals surface area contributed by atoms with Crippen LogP contribution < -0.4 is 0 Å². The van der Waals surface area contributed by atoms with Crippen LogP contribution in [0.15, 0.2) is 212 Å². The molecule has 0 radical (unpaired) electrons. The number of aromatic nitrogens is 5. The number of benzene rings is 9. The number of rotatable bonds is 7. The lowest BCUT2D eigenvalue weighted by Crippen LogP contribution is -2.33. The van der Waals surface area contributed by atoms with Gasteiger partial charge in [0, 0.05) is 38.4 Å². The van der Waals surface area contributed by atoms with Crippen molar-refractivity contribution in [2.24, 2.45) is 0 Å². The third-order valence-electron chi connectivity index (χ3n) is 15.1. The molecule has 9 aromatic carbocycles. The van der Waals surface area contributed by atoms with Crippen molar-refractivity contribution in [1.29, 1.82) is 0 Å². The average molecular weight is 902 g/mol. The third-order valence-corrected chi connectivity index (χ3v) is 15.1. The Balaban J connectivity index is 0.910. The van der Waals surface area contributed by atoms with Crippen LogP contribution in [0.25, 0.3) is 111 Å². The molecule has 0 spiro atoms. The van der Waals surface area contributed by atoms with E-state index in [2.05, 4.69) is 225 Å². The first kappa shape index (κ1) is 41.8. The Morgan fingerprint density at radius 1 is 0.329 bits per heavy atom. The van der Waals surface area contributed by atoms with Crippen LogP contribution in [-0.2, 0) is 10.8 Å². The molecule has 13 rings (SSSR count). The number of nitrogens with zero attached hydrogens (tertiary/aromatic N) is 5. The third kappa shape index (κ3) is 6.87. The highest BCUT2D eigenvalue weighted by atomic mass is 15.2. The zero-order valence-electron chi connectivity index (χ0n) is 39.9. The molecular formula is C65H51N5. The summed E-state index contributed by atoms with van der Waals surface area (Å²) in [5.74, 6) is 1.82. The van der Waals surface area contributed by atoms with Crippen LogP contribution in [-0.4, -0.2) is 24.1 Å². The molecule has 0 aliphatic heterocycles. The molecule has 5 nitrogen and oxygen atoms in total. The van der Waals surface area contributed by atoms with E-state index >= 15 is 0 Å². The van der Waals surface area contributed by atoms with Gasteiger partial charge in [-0.2, -0.15) is 9.97 Å². The van der Waals surface area contributed by atoms with Crippen molar-refractivity contribution in [3.63, 3.8) is 0 Å². The van der Waals surface area contributed by atoms with Crippen molar-refractivity contribution in [2.75, 3.05) is 0 Å². The topological polar surface area (TPSA) is 48.5 Å². The van der Waals surface area contributed by atoms with Gasteiger partial charge in [0.25, 0.3) is 0 Å². The quantitative estimate of drug-likeness (QED) is 0.160. The van der Waals surface area contributed by atoms with Crippen molar-refractivity contribution >= 4 is 43.6 Å². The zero-order chi connectivity index (χ0) is 47.1. The fourth-order valence-corrected chi connectivity index (χ4v) is 11.2. The highest BCUT2D eigenvalue weighted by Crippen LogP contribution is 2.47. The summed E-state index contributed by atoms with van der Waals surface area (Å²) in [6, 6.07) is 76.4. The molecule has 0 saturated carbocycles. The van der Waals surface area contributed by atoms with Crippen LogP contribution >= 0.6 is 0 Å². The van der Waals surface area contributed by atoms with Crippen LogP contribution in [0.5, 0.6) is 0 Å². The Kier molecular flexibility index (Phi) is 9.60. The van der Waals surface area contributed by atoms with Gasteiger partial charge in [0.2, 0.25) is 5.95 Å². The molecule has 0 saturated heterocycles. The molecule has 1 aliphatic carbocycles. The maximum Gasteiger partial charge on any atom is 0.238 e. The summed E-state index contributed by atoms with van der Waals surface area (Å²) in [5.41, 5.74) is 17.9. The Morgan fingerprint density at radius 2 is 0.729 bits per heavy atom. The van der Waals surface area contributed by atoms with Crippen molar-refractivity contribution < 1.29 is 0 Å². The fourth-order valence-electron chi connectivity index (χ4n) is 11.2. The Hall–Kier alpha value is -8.41. The zero-order valence-corrected chi connectivity index (χ0v) is 39.9. The van der Waals surface area contributed by atoms with E-state index in [1.54, 1.807) is 0 Å². The van der Waals surface area contributed by atoms with Gasteiger partial charge in [-0.25, -0.2) is 4.98 Å². The van der Waals surface area contributed by atoms with Gasteiger partial charge in [0.05, 0.1) is 22.1 Å². The first-order valence-electron chi connectivity index (χ1n) is 24.5. The van der Waals surface area contributed by atoms with Gasteiger partial charge in [-0.15, -0.1) is 0 Å². The Labute approximate surface area is 408 Å². The molecule has 0 atom stereocenters. The fraction of sp³-hybridized carbons (Fsp3) is 0.123. The lowest BCUT2D eigenvalue weighted by molar-refractivity contribution is 0.332. The van der Waals surface area contributed by atoms with Gasteiger partial charge in [-0.3, -0.25) is 4.57 Å². The van der Waals surface area contributed by atoms with E-state index < -0.39 is 0 Å². The number of hydrogen-bond donors (Lipinski definition) is 0. The molecule has 1 aliphatic rings. The van der Waals surface area contributed by atoms with Crippen LogP contribution in [0.4, 0.5) is 0 Å². The van der Waals surface area contributed by atoms with Crippen molar-refractivity contribution in [3.05, 3.63) is 223 Å². The first-order valence-corrected chi connectivity index (χ1v) is 24.5. The molecule has 3 heterocycles. The minimum atomic E-state index is 0.175. The molecule has 0 bridgehead atoms. The summed E-state index contributed by atoms with van der Waals surface area (Å²) >= 11 is 0. The van der Waals surface area contributed by atoms with Crippen molar-refractivity contribution in [1.82, 2.24) is 24.1 Å². The molecule has 70 heavy (non-hydrogen) atoms. The molecule has 0 unspecified atom stereocenters. The summed E-state index contributed by atoms with van der Waals surface area (Å²) < 4.78 is 4.63. The summed E-state index contributed by atoms with van der Waals surface area (Å²) in [7, 11) is 0. The summed E-state index contributed by atoms with van der Waals surface area (Å²) in [5, 5.41) is 4.70. The van der Waals surface area contributed by atoms with Gasteiger partial charge >= 0.3 is 0 Å². The number of para-hydroxylation sites is 2. The second kappa shape index (κ2) is 16.1. The highest BCUT2D eigenvalue weighted by molar-refractivity contribution is 6.28. The predicted molar refractivity (Wildman–Crippen MR) is 291 cm³/mol. The molecular weight excluding hydrogens is 851 g/mol. The van der Waals surface area contributed by atoms with Crippen LogP contribution in [0, 0.1) is 0 Å². The van der Waals surface area contributed by atoms with Crippen molar-refractivity contribution in [2.45, 2.75) is 51.4 Å². The minimum Gasteiger partial charge on any atom is -0.309 e. The molecule has 0 amide bonds. The first-order chi connectivity index (χ1) is 34.2. The summed E-state index contributed by atoms with van der Waals surface area (Å²) in [6.45, 7) is 9.59. The van der Waals surface area contributed by atoms with Gasteiger partial charge in [0.15, 0.2) is 11.6 Å². The van der Waals surface area contributed by atoms with E-state index in [0.717, 1.165) is 49.8 Å². The monoisotopic (exact) mass is 901 g/mol. The van der Waals surface area contributed by atoms with Gasteiger partial charge in [-0.1, -0.05) is 204 Å². The summed E-state index contributed by atoms with van der Waals surface area (Å²) in [4.78, 5) is 15.6. The second-order valence-corrected chi connectivity index (χ2v) is 20.3. The second-order valence-electron chi connectivity index (χ2n) is 20.3. The minimum absolute atomic E-state index is 0.175. The lowest BCUT2D eigenvalue weighted by Gasteiger charge is -2.42. The van der Waals surface area contributed by atoms with Gasteiger partial charge < -0.3 is 4.57 Å². The lowest BCUT2D eigenvalue weighted by atomic mass is 9.63. The van der Waals surface area contributed by atoms with Gasteiger partial charge in [0.1, 0.15) is 0 Å². The number of hydrogen-bond acceptors (Lipinski definition) is 3. The molecule has 3 aromatic heterocycles. The van der Waals surface area contributed by atoms with E-state index in [4.69, 9.17) is 15.0 Å². The maximum absolute atomic E-state index is 5.28. The van der Waals surface area contributed by atoms with E-state index in [9.17, 15) is 0 Å².